The van der Waals surface area contributed by atoms with Gasteiger partial charge in [0.25, 0.3) is 0 Å². The van der Waals surface area contributed by atoms with E-state index in [0.29, 0.717) is 33.4 Å². The molecular weight excluding hydrogens is 430 g/mol. The molecule has 0 aliphatic heterocycles. The number of rotatable bonds is 7. The van der Waals surface area contributed by atoms with Gasteiger partial charge >= 0.3 is 0 Å². The largest absolute Gasteiger partial charge is 0.457 e. The number of nitrogens with one attached hydrogen (secondary N) is 1. The van der Waals surface area contributed by atoms with Crippen LogP contribution in [0, 0.1) is 11.3 Å². The van der Waals surface area contributed by atoms with Crippen molar-refractivity contribution in [1.29, 1.82) is 5.26 Å². The molecule has 6 heteroatoms. The summed E-state index contributed by atoms with van der Waals surface area (Å²) in [5.41, 5.74) is 2.75. The van der Waals surface area contributed by atoms with Gasteiger partial charge in [-0.1, -0.05) is 78.9 Å². The Morgan fingerprint density at radius 1 is 1.03 bits per heavy atom. The fourth-order valence-corrected chi connectivity index (χ4v) is 4.10. The molecule has 162 valence electrons. The van der Waals surface area contributed by atoms with Crippen molar-refractivity contribution in [2.45, 2.75) is 13.3 Å². The molecule has 1 heterocycles. The predicted octanol–water partition coefficient (Wildman–Crippen LogP) is 7.02. The van der Waals surface area contributed by atoms with Gasteiger partial charge in [0.2, 0.25) is 5.91 Å². The monoisotopic (exact) mass is 451 g/mol. The first kappa shape index (κ1) is 22.0. The van der Waals surface area contributed by atoms with Crippen molar-refractivity contribution in [3.8, 4) is 28.8 Å². The normalized spacial score (nSPS) is 11.0. The van der Waals surface area contributed by atoms with Crippen LogP contribution in [0.15, 0.2) is 84.9 Å². The lowest BCUT2D eigenvalue weighted by Gasteiger charge is -2.06. The zero-order valence-electron chi connectivity index (χ0n) is 18.0. The van der Waals surface area contributed by atoms with E-state index in [1.165, 1.54) is 11.3 Å². The van der Waals surface area contributed by atoms with Gasteiger partial charge in [-0.3, -0.25) is 4.79 Å². The number of nitrogens with zero attached hydrogens (tertiary/aromatic N) is 2. The Morgan fingerprint density at radius 3 is 2.42 bits per heavy atom. The lowest BCUT2D eigenvalue weighted by molar-refractivity contribution is -0.115. The second kappa shape index (κ2) is 10.4. The average molecular weight is 452 g/mol. The first-order chi connectivity index (χ1) is 16.2. The Balaban J connectivity index is 1.68. The van der Waals surface area contributed by atoms with Gasteiger partial charge in [-0.2, -0.15) is 5.26 Å². The first-order valence-electron chi connectivity index (χ1n) is 10.5. The third-order valence-electron chi connectivity index (χ3n) is 4.75. The van der Waals surface area contributed by atoms with E-state index in [1.807, 2.05) is 84.9 Å². The maximum atomic E-state index is 12.1. The van der Waals surface area contributed by atoms with Gasteiger partial charge in [0.05, 0.1) is 5.57 Å². The number of benzene rings is 3. The van der Waals surface area contributed by atoms with Gasteiger partial charge in [0.15, 0.2) is 0 Å². The van der Waals surface area contributed by atoms with E-state index in [-0.39, 0.29) is 5.91 Å². The Bertz CT molecular complexity index is 1320. The quantitative estimate of drug-likeness (QED) is 0.307. The second-order valence-corrected chi connectivity index (χ2v) is 8.12. The van der Waals surface area contributed by atoms with Gasteiger partial charge in [-0.15, -0.1) is 0 Å². The van der Waals surface area contributed by atoms with Crippen LogP contribution < -0.4 is 10.1 Å². The molecule has 0 aliphatic carbocycles. The molecule has 33 heavy (non-hydrogen) atoms. The van der Waals surface area contributed by atoms with Crippen molar-refractivity contribution in [3.63, 3.8) is 0 Å². The number of hydrogen-bond acceptors (Lipinski definition) is 5. The van der Waals surface area contributed by atoms with Crippen molar-refractivity contribution in [1.82, 2.24) is 4.98 Å². The lowest BCUT2D eigenvalue weighted by Crippen LogP contribution is -2.08. The van der Waals surface area contributed by atoms with Crippen LogP contribution in [0.1, 0.15) is 23.9 Å². The van der Waals surface area contributed by atoms with Crippen LogP contribution in [0.4, 0.5) is 5.00 Å². The third-order valence-corrected chi connectivity index (χ3v) is 5.75. The molecular formula is C27H21N3O2S. The summed E-state index contributed by atoms with van der Waals surface area (Å²) < 4.78 is 5.90. The number of anilines is 1. The molecule has 1 N–H and O–H groups in total. The Labute approximate surface area is 196 Å². The summed E-state index contributed by atoms with van der Waals surface area (Å²) in [6.07, 6.45) is 2.13. The van der Waals surface area contributed by atoms with Crippen LogP contribution in [0.3, 0.4) is 0 Å². The van der Waals surface area contributed by atoms with Gasteiger partial charge < -0.3 is 10.1 Å². The Hall–Kier alpha value is -4.21. The van der Waals surface area contributed by atoms with Crippen LogP contribution in [-0.2, 0) is 4.79 Å². The topological polar surface area (TPSA) is 75.0 Å². The Morgan fingerprint density at radius 2 is 1.73 bits per heavy atom. The molecule has 5 nitrogen and oxygen atoms in total. The van der Waals surface area contributed by atoms with Crippen LogP contribution in [0.5, 0.6) is 11.5 Å². The molecule has 3 aromatic carbocycles. The van der Waals surface area contributed by atoms with E-state index in [2.05, 4.69) is 11.4 Å². The molecule has 0 saturated heterocycles. The molecule has 1 aromatic heterocycles. The number of thiazole rings is 1. The fraction of sp³-hybridized carbons (Fsp3) is 0.0741. The van der Waals surface area contributed by atoms with Crippen molar-refractivity contribution < 1.29 is 9.53 Å². The van der Waals surface area contributed by atoms with Crippen LogP contribution >= 0.6 is 11.3 Å². The number of para-hydroxylation sites is 1. The molecule has 0 unspecified atom stereocenters. The van der Waals surface area contributed by atoms with Crippen molar-refractivity contribution in [2.24, 2.45) is 0 Å². The molecule has 0 aliphatic rings. The highest BCUT2D eigenvalue weighted by Crippen LogP contribution is 2.36. The summed E-state index contributed by atoms with van der Waals surface area (Å²) >= 11 is 1.29. The highest BCUT2D eigenvalue weighted by molar-refractivity contribution is 7.17. The maximum Gasteiger partial charge on any atom is 0.224 e. The van der Waals surface area contributed by atoms with E-state index < -0.39 is 0 Å². The van der Waals surface area contributed by atoms with Crippen molar-refractivity contribution >= 4 is 33.9 Å². The number of carbonyl (C=O) groups excluding carboxylic acids is 1. The smallest absolute Gasteiger partial charge is 0.224 e. The highest BCUT2D eigenvalue weighted by Gasteiger charge is 2.17. The number of hydrogen-bond donors (Lipinski definition) is 1. The summed E-state index contributed by atoms with van der Waals surface area (Å²) in [4.78, 5) is 16.8. The summed E-state index contributed by atoms with van der Waals surface area (Å²) in [7, 11) is 0. The zero-order chi connectivity index (χ0) is 23.0. The highest BCUT2D eigenvalue weighted by atomic mass is 32.1. The summed E-state index contributed by atoms with van der Waals surface area (Å²) in [5.74, 6) is 1.31. The summed E-state index contributed by atoms with van der Waals surface area (Å²) in [6.45, 7) is 1.80. The van der Waals surface area contributed by atoms with Crippen molar-refractivity contribution in [2.75, 3.05) is 5.32 Å². The SMILES string of the molecule is CCC(=O)Nc1sc(C(C#N)=Cc2cccc(Oc3ccccc3)c2)nc1-c1ccccc1. The zero-order valence-corrected chi connectivity index (χ0v) is 18.8. The first-order valence-corrected chi connectivity index (χ1v) is 11.3. The van der Waals surface area contributed by atoms with E-state index in [0.717, 1.165) is 16.9 Å². The number of aromatic nitrogens is 1. The average Bonchev–Trinajstić information content (AvgIpc) is 3.27. The molecule has 1 amide bonds. The standard InChI is InChI=1S/C27H21N3O2S/c1-2-24(31)29-27-25(20-11-5-3-6-12-20)30-26(33-27)21(18-28)16-19-10-9-15-23(17-19)32-22-13-7-4-8-14-22/h3-17H,2H2,1H3,(H,29,31). The molecule has 0 spiro atoms. The van der Waals surface area contributed by atoms with E-state index in [4.69, 9.17) is 9.72 Å². The summed E-state index contributed by atoms with van der Waals surface area (Å²) in [6, 6.07) is 28.9. The minimum atomic E-state index is -0.101. The lowest BCUT2D eigenvalue weighted by atomic mass is 10.1. The molecule has 4 rings (SSSR count). The van der Waals surface area contributed by atoms with Gasteiger partial charge in [0.1, 0.15) is 33.3 Å². The van der Waals surface area contributed by atoms with Crippen LogP contribution in [-0.4, -0.2) is 10.9 Å². The second-order valence-electron chi connectivity index (χ2n) is 7.12. The number of nitriles is 1. The third kappa shape index (κ3) is 5.53. The number of allylic oxidation sites excluding steroid dienone is 1. The molecule has 0 atom stereocenters. The van der Waals surface area contributed by atoms with Crippen LogP contribution in [0.2, 0.25) is 0 Å². The summed E-state index contributed by atoms with van der Waals surface area (Å²) in [5, 5.41) is 14.0. The van der Waals surface area contributed by atoms with Gasteiger partial charge in [-0.05, 0) is 35.9 Å². The molecule has 4 aromatic rings. The molecule has 0 bridgehead atoms. The fourth-order valence-electron chi connectivity index (χ4n) is 3.13. The van der Waals surface area contributed by atoms with Crippen LogP contribution in [0.25, 0.3) is 22.9 Å². The van der Waals surface area contributed by atoms with Gasteiger partial charge in [0, 0.05) is 12.0 Å². The minimum absolute atomic E-state index is 0.101. The number of amides is 1. The van der Waals surface area contributed by atoms with Gasteiger partial charge in [-0.25, -0.2) is 4.98 Å². The van der Waals surface area contributed by atoms with E-state index in [9.17, 15) is 10.1 Å². The van der Waals surface area contributed by atoms with Crippen molar-refractivity contribution in [3.05, 3.63) is 95.5 Å². The number of ether oxygens (including phenoxy) is 1. The van der Waals surface area contributed by atoms with E-state index in [1.54, 1.807) is 13.0 Å². The minimum Gasteiger partial charge on any atom is -0.457 e. The molecule has 0 saturated carbocycles. The number of carbonyl (C=O) groups is 1. The molecule has 0 radical (unpaired) electrons. The maximum absolute atomic E-state index is 12.1. The molecule has 0 fully saturated rings. The Kier molecular flexibility index (Phi) is 6.93. The van der Waals surface area contributed by atoms with E-state index >= 15 is 0 Å². The predicted molar refractivity (Wildman–Crippen MR) is 133 cm³/mol.